The first-order valence-electron chi connectivity index (χ1n) is 9.77. The Balaban J connectivity index is 1.94. The molecule has 3 atom stereocenters. The van der Waals surface area contributed by atoms with Crippen molar-refractivity contribution < 1.29 is 24.1 Å². The monoisotopic (exact) mass is 377 g/mol. The molecule has 6 heteroatoms. The number of aliphatic hydroxyl groups is 1. The van der Waals surface area contributed by atoms with Crippen LogP contribution in [0.4, 0.5) is 4.79 Å². The molecule has 1 amide bonds. The molecular weight excluding hydrogens is 346 g/mol. The number of benzene rings is 1. The molecule has 3 unspecified atom stereocenters. The summed E-state index contributed by atoms with van der Waals surface area (Å²) in [5.74, 6) is -0.736. The van der Waals surface area contributed by atoms with Gasteiger partial charge in [-0.3, -0.25) is 4.90 Å². The summed E-state index contributed by atoms with van der Waals surface area (Å²) in [5, 5.41) is 11.2. The average Bonchev–Trinajstić information content (AvgIpc) is 3.07. The second-order valence-electron chi connectivity index (χ2n) is 8.39. The lowest BCUT2D eigenvalue weighted by Crippen LogP contribution is -2.60. The number of carbonyl (C=O) groups excluding carboxylic acids is 1. The van der Waals surface area contributed by atoms with Crippen LogP contribution in [0.15, 0.2) is 30.3 Å². The van der Waals surface area contributed by atoms with Crippen molar-refractivity contribution >= 4 is 6.09 Å². The molecule has 2 saturated heterocycles. The maximum absolute atomic E-state index is 13.0. The van der Waals surface area contributed by atoms with Gasteiger partial charge < -0.3 is 19.3 Å². The highest BCUT2D eigenvalue weighted by atomic mass is 16.7. The van der Waals surface area contributed by atoms with Gasteiger partial charge in [-0.2, -0.15) is 0 Å². The molecule has 0 aromatic heterocycles. The standard InChI is InChI=1S/C21H31NO5/c1-5-16-13-21(25-11-12-26-21)14-17(18(23)15-9-7-6-8-10-15)22(16)19(24)27-20(2,3)4/h6-10,16-18,23H,5,11-14H2,1-4H3. The number of rotatable bonds is 3. The fourth-order valence-electron chi connectivity index (χ4n) is 4.04. The van der Waals surface area contributed by atoms with Gasteiger partial charge >= 0.3 is 6.09 Å². The van der Waals surface area contributed by atoms with Gasteiger partial charge in [-0.1, -0.05) is 37.3 Å². The summed E-state index contributed by atoms with van der Waals surface area (Å²) >= 11 is 0. The lowest BCUT2D eigenvalue weighted by atomic mass is 9.84. The van der Waals surface area contributed by atoms with E-state index in [1.165, 1.54) is 0 Å². The molecule has 6 nitrogen and oxygen atoms in total. The second-order valence-corrected chi connectivity index (χ2v) is 8.39. The Morgan fingerprint density at radius 3 is 2.44 bits per heavy atom. The molecular formula is C21H31NO5. The fourth-order valence-corrected chi connectivity index (χ4v) is 4.04. The minimum atomic E-state index is -0.849. The van der Waals surface area contributed by atoms with Crippen LogP contribution in [0.25, 0.3) is 0 Å². The van der Waals surface area contributed by atoms with Crippen molar-refractivity contribution in [2.24, 2.45) is 0 Å². The van der Waals surface area contributed by atoms with E-state index in [-0.39, 0.29) is 6.04 Å². The average molecular weight is 377 g/mol. The van der Waals surface area contributed by atoms with Gasteiger partial charge in [0.1, 0.15) is 5.60 Å². The van der Waals surface area contributed by atoms with Gasteiger partial charge in [0.25, 0.3) is 0 Å². The van der Waals surface area contributed by atoms with Crippen LogP contribution in [0.3, 0.4) is 0 Å². The molecule has 2 fully saturated rings. The van der Waals surface area contributed by atoms with Crippen molar-refractivity contribution in [2.45, 2.75) is 76.5 Å². The van der Waals surface area contributed by atoms with Crippen LogP contribution < -0.4 is 0 Å². The minimum Gasteiger partial charge on any atom is -0.444 e. The number of hydrogen-bond donors (Lipinski definition) is 1. The van der Waals surface area contributed by atoms with Crippen molar-refractivity contribution in [2.75, 3.05) is 13.2 Å². The normalized spacial score (nSPS) is 26.2. The third-order valence-electron chi connectivity index (χ3n) is 5.21. The van der Waals surface area contributed by atoms with E-state index in [1.807, 2.05) is 58.0 Å². The molecule has 3 rings (SSSR count). The van der Waals surface area contributed by atoms with Crippen LogP contribution >= 0.6 is 0 Å². The molecule has 2 heterocycles. The second kappa shape index (κ2) is 7.78. The third-order valence-corrected chi connectivity index (χ3v) is 5.21. The van der Waals surface area contributed by atoms with Crippen LogP contribution in [-0.4, -0.2) is 52.8 Å². The van der Waals surface area contributed by atoms with E-state index >= 15 is 0 Å². The van der Waals surface area contributed by atoms with Gasteiger partial charge in [0.15, 0.2) is 5.79 Å². The summed E-state index contributed by atoms with van der Waals surface area (Å²) in [6.07, 6.45) is 0.477. The van der Waals surface area contributed by atoms with Crippen molar-refractivity contribution in [1.29, 1.82) is 0 Å². The first-order chi connectivity index (χ1) is 12.7. The molecule has 0 saturated carbocycles. The highest BCUT2D eigenvalue weighted by molar-refractivity contribution is 5.69. The highest BCUT2D eigenvalue weighted by Crippen LogP contribution is 2.43. The molecule has 1 N–H and O–H groups in total. The lowest BCUT2D eigenvalue weighted by Gasteiger charge is -2.49. The number of ether oxygens (including phenoxy) is 3. The van der Waals surface area contributed by atoms with Crippen LogP contribution in [0.2, 0.25) is 0 Å². The lowest BCUT2D eigenvalue weighted by molar-refractivity contribution is -0.215. The molecule has 150 valence electrons. The summed E-state index contributed by atoms with van der Waals surface area (Å²) in [5.41, 5.74) is 0.161. The van der Waals surface area contributed by atoms with Gasteiger partial charge in [-0.05, 0) is 32.8 Å². The Kier molecular flexibility index (Phi) is 5.79. The quantitative estimate of drug-likeness (QED) is 0.871. The van der Waals surface area contributed by atoms with Crippen molar-refractivity contribution in [3.05, 3.63) is 35.9 Å². The number of likely N-dealkylation sites (tertiary alicyclic amines) is 1. The Hall–Kier alpha value is -1.63. The smallest absolute Gasteiger partial charge is 0.410 e. The summed E-state index contributed by atoms with van der Waals surface area (Å²) in [6.45, 7) is 8.66. The summed E-state index contributed by atoms with van der Waals surface area (Å²) in [4.78, 5) is 14.8. The Morgan fingerprint density at radius 2 is 1.89 bits per heavy atom. The maximum Gasteiger partial charge on any atom is 0.410 e. The topological polar surface area (TPSA) is 68.2 Å². The van der Waals surface area contributed by atoms with Gasteiger partial charge in [0.2, 0.25) is 0 Å². The third kappa shape index (κ3) is 4.45. The first kappa shape index (κ1) is 20.1. The summed E-state index contributed by atoms with van der Waals surface area (Å²) < 4.78 is 17.6. The van der Waals surface area contributed by atoms with Crippen LogP contribution in [-0.2, 0) is 14.2 Å². The van der Waals surface area contributed by atoms with E-state index in [2.05, 4.69) is 0 Å². The van der Waals surface area contributed by atoms with Crippen LogP contribution in [0, 0.1) is 0 Å². The van der Waals surface area contributed by atoms with E-state index in [9.17, 15) is 9.90 Å². The molecule has 2 aliphatic heterocycles. The zero-order chi connectivity index (χ0) is 19.7. The van der Waals surface area contributed by atoms with Crippen molar-refractivity contribution in [3.8, 4) is 0 Å². The van der Waals surface area contributed by atoms with E-state index in [0.29, 0.717) is 26.1 Å². The Morgan fingerprint density at radius 1 is 1.26 bits per heavy atom. The van der Waals surface area contributed by atoms with Gasteiger partial charge in [0.05, 0.1) is 25.4 Å². The van der Waals surface area contributed by atoms with Gasteiger partial charge in [0, 0.05) is 18.9 Å². The number of hydrogen-bond acceptors (Lipinski definition) is 5. The first-order valence-corrected chi connectivity index (χ1v) is 9.77. The molecule has 1 spiro atoms. The largest absolute Gasteiger partial charge is 0.444 e. The van der Waals surface area contributed by atoms with Crippen molar-refractivity contribution in [1.82, 2.24) is 4.90 Å². The number of nitrogens with zero attached hydrogens (tertiary/aromatic N) is 1. The van der Waals surface area contributed by atoms with Gasteiger partial charge in [-0.15, -0.1) is 0 Å². The van der Waals surface area contributed by atoms with Crippen LogP contribution in [0.1, 0.15) is 58.6 Å². The summed E-state index contributed by atoms with van der Waals surface area (Å²) in [6, 6.07) is 8.80. The predicted octanol–water partition coefficient (Wildman–Crippen LogP) is 3.64. The number of piperidine rings is 1. The van der Waals surface area contributed by atoms with Gasteiger partial charge in [-0.25, -0.2) is 4.79 Å². The SMILES string of the molecule is CCC1CC2(CC(C(O)c3ccccc3)N1C(=O)OC(C)(C)C)OCCO2. The minimum absolute atomic E-state index is 0.130. The fraction of sp³-hybridized carbons (Fsp3) is 0.667. The molecule has 0 aliphatic carbocycles. The number of amides is 1. The Labute approximate surface area is 161 Å². The molecule has 1 aromatic carbocycles. The molecule has 27 heavy (non-hydrogen) atoms. The molecule has 0 bridgehead atoms. The number of carbonyl (C=O) groups is 1. The molecule has 2 aliphatic rings. The highest BCUT2D eigenvalue weighted by Gasteiger charge is 2.52. The van der Waals surface area contributed by atoms with E-state index in [1.54, 1.807) is 4.90 Å². The summed E-state index contributed by atoms with van der Waals surface area (Å²) in [7, 11) is 0. The predicted molar refractivity (Wildman–Crippen MR) is 101 cm³/mol. The van der Waals surface area contributed by atoms with Crippen LogP contribution in [0.5, 0.6) is 0 Å². The molecule has 1 aromatic rings. The maximum atomic E-state index is 13.0. The zero-order valence-electron chi connectivity index (χ0n) is 16.7. The zero-order valence-corrected chi connectivity index (χ0v) is 16.7. The Bertz CT molecular complexity index is 636. The van der Waals surface area contributed by atoms with E-state index in [4.69, 9.17) is 14.2 Å². The van der Waals surface area contributed by atoms with E-state index < -0.39 is 29.6 Å². The van der Waals surface area contributed by atoms with E-state index in [0.717, 1.165) is 12.0 Å². The molecule has 0 radical (unpaired) electrons. The van der Waals surface area contributed by atoms with Crippen molar-refractivity contribution in [3.63, 3.8) is 0 Å². The number of aliphatic hydroxyl groups excluding tert-OH is 1.